The minimum atomic E-state index is -1.10. The minimum Gasteiger partial charge on any atom is -0.478 e. The number of carbonyl (C=O) groups is 2. The van der Waals surface area contributed by atoms with Crippen LogP contribution >= 0.6 is 22.9 Å². The maximum atomic E-state index is 12.0. The summed E-state index contributed by atoms with van der Waals surface area (Å²) in [5.41, 5.74) is 6.08. The lowest BCUT2D eigenvalue weighted by Gasteiger charge is -2.12. The van der Waals surface area contributed by atoms with E-state index in [2.05, 4.69) is 5.32 Å². The van der Waals surface area contributed by atoms with Crippen LogP contribution < -0.4 is 11.1 Å². The summed E-state index contributed by atoms with van der Waals surface area (Å²) in [6.45, 7) is 0. The molecule has 1 amide bonds. The second kappa shape index (κ2) is 6.04. The topological polar surface area (TPSA) is 92.4 Å². The normalized spacial score (nSPS) is 11.9. The Bertz CT molecular complexity index is 643. The van der Waals surface area contributed by atoms with Crippen LogP contribution in [0.1, 0.15) is 21.3 Å². The van der Waals surface area contributed by atoms with E-state index in [9.17, 15) is 9.59 Å². The molecule has 4 N–H and O–H groups in total. The first-order valence-electron chi connectivity index (χ1n) is 5.61. The summed E-state index contributed by atoms with van der Waals surface area (Å²) in [5.74, 6) is -1.54. The first kappa shape index (κ1) is 14.5. The Balaban J connectivity index is 2.19. The summed E-state index contributed by atoms with van der Waals surface area (Å²) in [6.07, 6.45) is 0. The molecule has 0 radical (unpaired) electrons. The molecule has 5 nitrogen and oxygen atoms in total. The maximum absolute atomic E-state index is 12.0. The van der Waals surface area contributed by atoms with Gasteiger partial charge in [-0.25, -0.2) is 4.79 Å². The van der Waals surface area contributed by atoms with E-state index < -0.39 is 17.9 Å². The van der Waals surface area contributed by atoms with Crippen molar-refractivity contribution in [2.45, 2.75) is 6.04 Å². The Kier molecular flexibility index (Phi) is 4.39. The molecule has 7 heteroatoms. The van der Waals surface area contributed by atoms with Crippen LogP contribution in [-0.4, -0.2) is 17.0 Å². The van der Waals surface area contributed by atoms with Crippen LogP contribution in [0.5, 0.6) is 0 Å². The van der Waals surface area contributed by atoms with Gasteiger partial charge in [-0.2, -0.15) is 0 Å². The molecule has 0 aliphatic heterocycles. The molecular weight excluding hydrogens is 300 g/mol. The summed E-state index contributed by atoms with van der Waals surface area (Å²) in [4.78, 5) is 23.6. The van der Waals surface area contributed by atoms with E-state index in [0.29, 0.717) is 4.88 Å². The van der Waals surface area contributed by atoms with E-state index in [-0.39, 0.29) is 16.3 Å². The number of thiophene rings is 1. The summed E-state index contributed by atoms with van der Waals surface area (Å²) >= 11 is 7.30. The maximum Gasteiger partial charge on any atom is 0.335 e. The Morgan fingerprint density at radius 2 is 2.10 bits per heavy atom. The van der Waals surface area contributed by atoms with Gasteiger partial charge in [-0.1, -0.05) is 17.7 Å². The summed E-state index contributed by atoms with van der Waals surface area (Å²) in [7, 11) is 0. The summed E-state index contributed by atoms with van der Waals surface area (Å²) in [5, 5.41) is 13.5. The average Bonchev–Trinajstić information content (AvgIpc) is 2.94. The Morgan fingerprint density at radius 3 is 2.70 bits per heavy atom. The van der Waals surface area contributed by atoms with Crippen molar-refractivity contribution >= 4 is 40.5 Å². The van der Waals surface area contributed by atoms with Gasteiger partial charge in [0.15, 0.2) is 0 Å². The lowest BCUT2D eigenvalue weighted by molar-refractivity contribution is -0.117. The van der Waals surface area contributed by atoms with Gasteiger partial charge in [0.25, 0.3) is 0 Å². The quantitative estimate of drug-likeness (QED) is 0.809. The van der Waals surface area contributed by atoms with Crippen molar-refractivity contribution in [2.24, 2.45) is 5.73 Å². The Hall–Kier alpha value is -1.89. The summed E-state index contributed by atoms with van der Waals surface area (Å²) < 4.78 is 0. The van der Waals surface area contributed by atoms with E-state index in [4.69, 9.17) is 22.4 Å². The molecule has 0 aliphatic rings. The lowest BCUT2D eigenvalue weighted by atomic mass is 10.2. The lowest BCUT2D eigenvalue weighted by Crippen LogP contribution is -2.27. The molecule has 104 valence electrons. The van der Waals surface area contributed by atoms with Crippen molar-refractivity contribution < 1.29 is 14.7 Å². The van der Waals surface area contributed by atoms with Crippen LogP contribution in [0.2, 0.25) is 5.02 Å². The Labute approximate surface area is 124 Å². The number of carboxylic acid groups (broad SMARTS) is 1. The van der Waals surface area contributed by atoms with Crippen molar-refractivity contribution in [1.82, 2.24) is 0 Å². The second-order valence-corrected chi connectivity index (χ2v) is 5.37. The number of hydrogen-bond donors (Lipinski definition) is 3. The fourth-order valence-electron chi connectivity index (χ4n) is 1.56. The summed E-state index contributed by atoms with van der Waals surface area (Å²) in [6, 6.07) is 6.80. The standard InChI is InChI=1S/C13H11ClN2O3S/c14-8-4-3-7(13(18)19)6-9(8)16-12(17)11(15)10-2-1-5-20-10/h1-6,11H,15H2,(H,16,17)(H,18,19). The van der Waals surface area contributed by atoms with Crippen LogP contribution in [0.4, 0.5) is 5.69 Å². The highest BCUT2D eigenvalue weighted by Gasteiger charge is 2.18. The third-order valence-corrected chi connectivity index (χ3v) is 3.89. The van der Waals surface area contributed by atoms with Crippen LogP contribution in [-0.2, 0) is 4.79 Å². The minimum absolute atomic E-state index is 0.0365. The van der Waals surface area contributed by atoms with E-state index in [1.165, 1.54) is 29.5 Å². The van der Waals surface area contributed by atoms with Crippen molar-refractivity contribution in [3.05, 3.63) is 51.2 Å². The molecule has 1 heterocycles. The van der Waals surface area contributed by atoms with Crippen molar-refractivity contribution in [2.75, 3.05) is 5.32 Å². The molecule has 0 bridgehead atoms. The van der Waals surface area contributed by atoms with Gasteiger partial charge < -0.3 is 16.2 Å². The molecule has 0 fully saturated rings. The van der Waals surface area contributed by atoms with Gasteiger partial charge >= 0.3 is 5.97 Å². The molecule has 0 aliphatic carbocycles. The predicted octanol–water partition coefficient (Wildman–Crippen LogP) is 2.74. The molecule has 1 atom stereocenters. The number of halogens is 1. The van der Waals surface area contributed by atoms with Gasteiger partial charge in [-0.15, -0.1) is 11.3 Å². The third-order valence-electron chi connectivity index (χ3n) is 2.60. The van der Waals surface area contributed by atoms with Crippen LogP contribution in [0.15, 0.2) is 35.7 Å². The molecule has 0 saturated carbocycles. The number of nitrogens with two attached hydrogens (primary N) is 1. The van der Waals surface area contributed by atoms with Crippen molar-refractivity contribution in [3.63, 3.8) is 0 Å². The number of aromatic carboxylic acids is 1. The molecule has 0 spiro atoms. The number of hydrogen-bond acceptors (Lipinski definition) is 4. The molecule has 0 saturated heterocycles. The monoisotopic (exact) mass is 310 g/mol. The number of nitrogens with one attached hydrogen (secondary N) is 1. The number of carboxylic acids is 1. The molecule has 2 rings (SSSR count). The van der Waals surface area contributed by atoms with Gasteiger partial charge in [0.1, 0.15) is 6.04 Å². The van der Waals surface area contributed by atoms with Gasteiger partial charge in [0, 0.05) is 4.88 Å². The number of rotatable bonds is 4. The molecule has 1 aromatic carbocycles. The van der Waals surface area contributed by atoms with Gasteiger partial charge in [0.2, 0.25) is 5.91 Å². The zero-order valence-corrected chi connectivity index (χ0v) is 11.7. The van der Waals surface area contributed by atoms with E-state index in [1.54, 1.807) is 12.1 Å². The van der Waals surface area contributed by atoms with Gasteiger partial charge in [-0.05, 0) is 29.6 Å². The van der Waals surface area contributed by atoms with E-state index in [1.807, 2.05) is 5.38 Å². The number of carbonyl (C=O) groups excluding carboxylic acids is 1. The van der Waals surface area contributed by atoms with E-state index >= 15 is 0 Å². The highest BCUT2D eigenvalue weighted by atomic mass is 35.5. The number of anilines is 1. The van der Waals surface area contributed by atoms with Gasteiger partial charge in [0.05, 0.1) is 16.3 Å². The third kappa shape index (κ3) is 3.16. The molecule has 2 aromatic rings. The predicted molar refractivity (Wildman–Crippen MR) is 78.3 cm³/mol. The average molecular weight is 311 g/mol. The molecular formula is C13H11ClN2O3S. The zero-order chi connectivity index (χ0) is 14.7. The first-order chi connectivity index (χ1) is 9.49. The largest absolute Gasteiger partial charge is 0.478 e. The molecule has 20 heavy (non-hydrogen) atoms. The highest BCUT2D eigenvalue weighted by Crippen LogP contribution is 2.25. The zero-order valence-electron chi connectivity index (χ0n) is 10.2. The SMILES string of the molecule is NC(C(=O)Nc1cc(C(=O)O)ccc1Cl)c1cccs1. The first-order valence-corrected chi connectivity index (χ1v) is 6.87. The van der Waals surface area contributed by atoms with Crippen molar-refractivity contribution in [3.8, 4) is 0 Å². The van der Waals surface area contributed by atoms with Gasteiger partial charge in [-0.3, -0.25) is 4.79 Å². The van der Waals surface area contributed by atoms with Crippen LogP contribution in [0.25, 0.3) is 0 Å². The molecule has 1 aromatic heterocycles. The highest BCUT2D eigenvalue weighted by molar-refractivity contribution is 7.10. The van der Waals surface area contributed by atoms with E-state index in [0.717, 1.165) is 0 Å². The Morgan fingerprint density at radius 1 is 1.35 bits per heavy atom. The fourth-order valence-corrected chi connectivity index (χ4v) is 2.45. The number of benzene rings is 1. The molecule has 1 unspecified atom stereocenters. The van der Waals surface area contributed by atoms with Crippen LogP contribution in [0, 0.1) is 0 Å². The number of amides is 1. The van der Waals surface area contributed by atoms with Crippen LogP contribution in [0.3, 0.4) is 0 Å². The fraction of sp³-hybridized carbons (Fsp3) is 0.0769. The van der Waals surface area contributed by atoms with Crippen molar-refractivity contribution in [1.29, 1.82) is 0 Å². The second-order valence-electron chi connectivity index (χ2n) is 3.98. The smallest absolute Gasteiger partial charge is 0.335 e.